The molecular weight excluding hydrogens is 250 g/mol. The van der Waals surface area contributed by atoms with Gasteiger partial charge in [-0.15, -0.1) is 0 Å². The third-order valence-corrected chi connectivity index (χ3v) is 4.24. The fourth-order valence-corrected chi connectivity index (χ4v) is 3.33. The second-order valence-corrected chi connectivity index (χ2v) is 5.83. The maximum atomic E-state index is 10.4. The lowest BCUT2D eigenvalue weighted by molar-refractivity contribution is -0.0342. The van der Waals surface area contributed by atoms with Crippen LogP contribution in [-0.2, 0) is 0 Å². The Morgan fingerprint density at radius 2 is 2.11 bits per heavy atom. The Kier molecular flexibility index (Phi) is 3.00. The number of piperidine rings is 1. The number of aliphatic hydroxyl groups excluding tert-OH is 1. The monoisotopic (exact) mass is 267 g/mol. The van der Waals surface area contributed by atoms with Crippen molar-refractivity contribution in [3.8, 4) is 5.75 Å². The SMILES string of the molecule is Cc1cc(Cl)cc2c1OC1(CCNCC1)CC2O. The average molecular weight is 268 g/mol. The molecule has 2 aliphatic rings. The maximum Gasteiger partial charge on any atom is 0.128 e. The molecule has 0 saturated carbocycles. The minimum absolute atomic E-state index is 0.198. The van der Waals surface area contributed by atoms with Gasteiger partial charge in [-0.05, 0) is 50.6 Å². The second kappa shape index (κ2) is 4.41. The average Bonchev–Trinajstić information content (AvgIpc) is 2.32. The fourth-order valence-electron chi connectivity index (χ4n) is 3.05. The standard InChI is InChI=1S/C14H18ClNO2/c1-9-6-10(15)7-11-12(17)8-14(18-13(9)11)2-4-16-5-3-14/h6-7,12,16-17H,2-5,8H2,1H3. The van der Waals surface area contributed by atoms with Gasteiger partial charge in [0, 0.05) is 17.0 Å². The van der Waals surface area contributed by atoms with E-state index >= 15 is 0 Å². The number of fused-ring (bicyclic) bond motifs is 1. The van der Waals surface area contributed by atoms with E-state index in [1.54, 1.807) is 0 Å². The number of hydrogen-bond acceptors (Lipinski definition) is 3. The summed E-state index contributed by atoms with van der Waals surface area (Å²) < 4.78 is 6.26. The number of nitrogens with one attached hydrogen (secondary N) is 1. The van der Waals surface area contributed by atoms with Gasteiger partial charge in [-0.2, -0.15) is 0 Å². The predicted molar refractivity (Wildman–Crippen MR) is 71.2 cm³/mol. The summed E-state index contributed by atoms with van der Waals surface area (Å²) in [6.45, 7) is 3.89. The lowest BCUT2D eigenvalue weighted by Crippen LogP contribution is -2.49. The van der Waals surface area contributed by atoms with Crippen LogP contribution in [0.3, 0.4) is 0 Å². The Morgan fingerprint density at radius 3 is 2.83 bits per heavy atom. The van der Waals surface area contributed by atoms with Crippen molar-refractivity contribution >= 4 is 11.6 Å². The first-order valence-electron chi connectivity index (χ1n) is 6.47. The third-order valence-electron chi connectivity index (χ3n) is 4.03. The molecule has 2 aliphatic heterocycles. The largest absolute Gasteiger partial charge is 0.486 e. The van der Waals surface area contributed by atoms with Crippen molar-refractivity contribution in [2.45, 2.75) is 37.9 Å². The lowest BCUT2D eigenvalue weighted by Gasteiger charge is -2.44. The van der Waals surface area contributed by atoms with Crippen molar-refractivity contribution in [1.82, 2.24) is 5.32 Å². The molecule has 4 heteroatoms. The van der Waals surface area contributed by atoms with E-state index in [0.29, 0.717) is 11.4 Å². The predicted octanol–water partition coefficient (Wildman–Crippen LogP) is 2.59. The number of ether oxygens (including phenoxy) is 1. The second-order valence-electron chi connectivity index (χ2n) is 5.40. The van der Waals surface area contributed by atoms with Gasteiger partial charge >= 0.3 is 0 Å². The highest BCUT2D eigenvalue weighted by Crippen LogP contribution is 2.45. The minimum Gasteiger partial charge on any atom is -0.486 e. The van der Waals surface area contributed by atoms with Crippen LogP contribution in [-0.4, -0.2) is 23.8 Å². The minimum atomic E-state index is -0.468. The van der Waals surface area contributed by atoms with Gasteiger partial charge in [0.05, 0.1) is 6.10 Å². The number of halogens is 1. The first-order chi connectivity index (χ1) is 8.60. The molecule has 1 atom stereocenters. The number of aryl methyl sites for hydroxylation is 1. The molecular formula is C14H18ClNO2. The Hall–Kier alpha value is -0.770. The van der Waals surface area contributed by atoms with Gasteiger partial charge in [0.15, 0.2) is 0 Å². The van der Waals surface area contributed by atoms with E-state index in [4.69, 9.17) is 16.3 Å². The van der Waals surface area contributed by atoms with Gasteiger partial charge in [0.25, 0.3) is 0 Å². The summed E-state index contributed by atoms with van der Waals surface area (Å²) in [7, 11) is 0. The Bertz CT molecular complexity index is 469. The van der Waals surface area contributed by atoms with Gasteiger partial charge in [-0.3, -0.25) is 0 Å². The summed E-state index contributed by atoms with van der Waals surface area (Å²) in [5.74, 6) is 0.833. The first kappa shape index (κ1) is 12.3. The zero-order valence-corrected chi connectivity index (χ0v) is 11.3. The summed E-state index contributed by atoms with van der Waals surface area (Å²) in [6, 6.07) is 3.72. The number of aliphatic hydroxyl groups is 1. The van der Waals surface area contributed by atoms with Gasteiger partial charge in [-0.25, -0.2) is 0 Å². The molecule has 0 aliphatic carbocycles. The number of rotatable bonds is 0. The van der Waals surface area contributed by atoms with E-state index < -0.39 is 6.10 Å². The van der Waals surface area contributed by atoms with E-state index in [1.165, 1.54) is 0 Å². The van der Waals surface area contributed by atoms with Crippen LogP contribution in [0.2, 0.25) is 5.02 Å². The van der Waals surface area contributed by atoms with E-state index in [1.807, 2.05) is 19.1 Å². The van der Waals surface area contributed by atoms with E-state index in [-0.39, 0.29) is 5.60 Å². The van der Waals surface area contributed by atoms with Crippen molar-refractivity contribution < 1.29 is 9.84 Å². The molecule has 2 heterocycles. The van der Waals surface area contributed by atoms with E-state index in [9.17, 15) is 5.11 Å². The fraction of sp³-hybridized carbons (Fsp3) is 0.571. The molecule has 0 bridgehead atoms. The van der Waals surface area contributed by atoms with Crippen molar-refractivity contribution in [3.63, 3.8) is 0 Å². The molecule has 18 heavy (non-hydrogen) atoms. The smallest absolute Gasteiger partial charge is 0.128 e. The Morgan fingerprint density at radius 1 is 1.39 bits per heavy atom. The molecule has 1 fully saturated rings. The highest BCUT2D eigenvalue weighted by molar-refractivity contribution is 6.30. The van der Waals surface area contributed by atoms with Crippen molar-refractivity contribution in [3.05, 3.63) is 28.3 Å². The third kappa shape index (κ3) is 2.00. The van der Waals surface area contributed by atoms with Gasteiger partial charge in [0.2, 0.25) is 0 Å². The molecule has 1 saturated heterocycles. The van der Waals surface area contributed by atoms with Crippen LogP contribution >= 0.6 is 11.6 Å². The molecule has 3 rings (SSSR count). The molecule has 0 radical (unpaired) electrons. The highest BCUT2D eigenvalue weighted by atomic mass is 35.5. The summed E-state index contributed by atoms with van der Waals surface area (Å²) in [5, 5.41) is 14.4. The normalized spacial score (nSPS) is 25.6. The summed E-state index contributed by atoms with van der Waals surface area (Å²) in [4.78, 5) is 0. The lowest BCUT2D eigenvalue weighted by atomic mass is 9.82. The summed E-state index contributed by atoms with van der Waals surface area (Å²) >= 11 is 6.05. The Labute approximate surface area is 112 Å². The molecule has 0 aromatic heterocycles. The van der Waals surface area contributed by atoms with E-state index in [2.05, 4.69) is 5.32 Å². The molecule has 1 aromatic carbocycles. The van der Waals surface area contributed by atoms with Gasteiger partial charge in [-0.1, -0.05) is 11.6 Å². The van der Waals surface area contributed by atoms with Crippen molar-refractivity contribution in [1.29, 1.82) is 0 Å². The molecule has 1 aromatic rings. The number of benzene rings is 1. The van der Waals surface area contributed by atoms with Crippen LogP contribution in [0.4, 0.5) is 0 Å². The van der Waals surface area contributed by atoms with Crippen LogP contribution in [0, 0.1) is 6.92 Å². The Balaban J connectivity index is 2.01. The van der Waals surface area contributed by atoms with E-state index in [0.717, 1.165) is 42.8 Å². The van der Waals surface area contributed by atoms with Crippen molar-refractivity contribution in [2.75, 3.05) is 13.1 Å². The van der Waals surface area contributed by atoms with Crippen LogP contribution in [0.15, 0.2) is 12.1 Å². The first-order valence-corrected chi connectivity index (χ1v) is 6.85. The quantitative estimate of drug-likeness (QED) is 0.759. The molecule has 1 spiro atoms. The molecule has 0 amide bonds. The molecule has 1 unspecified atom stereocenters. The van der Waals surface area contributed by atoms with Crippen molar-refractivity contribution in [2.24, 2.45) is 0 Å². The summed E-state index contributed by atoms with van der Waals surface area (Å²) in [6.07, 6.45) is 2.10. The molecule has 3 nitrogen and oxygen atoms in total. The maximum absolute atomic E-state index is 10.4. The van der Waals surface area contributed by atoms with Gasteiger partial charge < -0.3 is 15.2 Å². The zero-order chi connectivity index (χ0) is 12.8. The zero-order valence-electron chi connectivity index (χ0n) is 10.5. The highest BCUT2D eigenvalue weighted by Gasteiger charge is 2.41. The van der Waals surface area contributed by atoms with Gasteiger partial charge in [0.1, 0.15) is 11.4 Å². The van der Waals surface area contributed by atoms with Crippen LogP contribution in [0.5, 0.6) is 5.75 Å². The molecule has 2 N–H and O–H groups in total. The number of hydrogen-bond donors (Lipinski definition) is 2. The summed E-state index contributed by atoms with van der Waals surface area (Å²) in [5.41, 5.74) is 1.65. The van der Waals surface area contributed by atoms with Crippen LogP contribution in [0.1, 0.15) is 36.5 Å². The topological polar surface area (TPSA) is 41.5 Å². The molecule has 98 valence electrons. The van der Waals surface area contributed by atoms with Crippen LogP contribution < -0.4 is 10.1 Å². The van der Waals surface area contributed by atoms with Crippen LogP contribution in [0.25, 0.3) is 0 Å².